The van der Waals surface area contributed by atoms with Crippen LogP contribution in [-0.4, -0.2) is 35.1 Å². The molecule has 0 aliphatic carbocycles. The second-order valence-electron chi connectivity index (χ2n) is 6.78. The number of nitrogens with zero attached hydrogens (tertiary/aromatic N) is 2. The SMILES string of the molecule is CCNC(c1cnccc1C)C(C)(C)N1CCCCCC1. The molecule has 1 N–H and O–H groups in total. The van der Waals surface area contributed by atoms with E-state index in [1.165, 1.54) is 49.9 Å². The Morgan fingerprint density at radius 2 is 1.90 bits per heavy atom. The molecule has 1 unspecified atom stereocenters. The summed E-state index contributed by atoms with van der Waals surface area (Å²) in [4.78, 5) is 7.05. The molecule has 1 aromatic heterocycles. The van der Waals surface area contributed by atoms with E-state index in [9.17, 15) is 0 Å². The highest BCUT2D eigenvalue weighted by molar-refractivity contribution is 5.28. The molecule has 0 saturated carbocycles. The summed E-state index contributed by atoms with van der Waals surface area (Å²) in [5.41, 5.74) is 2.78. The Morgan fingerprint density at radius 1 is 1.24 bits per heavy atom. The molecule has 2 rings (SSSR count). The zero-order chi connectivity index (χ0) is 15.3. The Kier molecular flexibility index (Phi) is 5.77. The zero-order valence-corrected chi connectivity index (χ0v) is 14.2. The number of aromatic nitrogens is 1. The number of rotatable bonds is 5. The third kappa shape index (κ3) is 3.83. The number of likely N-dealkylation sites (N-methyl/N-ethyl adjacent to an activating group) is 1. The summed E-state index contributed by atoms with van der Waals surface area (Å²) in [6.07, 6.45) is 9.35. The van der Waals surface area contributed by atoms with Crippen LogP contribution in [0, 0.1) is 6.92 Å². The van der Waals surface area contributed by atoms with Gasteiger partial charge in [0.2, 0.25) is 0 Å². The Labute approximate surface area is 130 Å². The van der Waals surface area contributed by atoms with Gasteiger partial charge in [-0.15, -0.1) is 0 Å². The van der Waals surface area contributed by atoms with Crippen LogP contribution in [0.5, 0.6) is 0 Å². The lowest BCUT2D eigenvalue weighted by atomic mass is 9.85. The van der Waals surface area contributed by atoms with Crippen LogP contribution in [0.4, 0.5) is 0 Å². The van der Waals surface area contributed by atoms with E-state index < -0.39 is 0 Å². The molecule has 3 heteroatoms. The number of nitrogens with one attached hydrogen (secondary N) is 1. The van der Waals surface area contributed by atoms with Gasteiger partial charge in [0.05, 0.1) is 6.04 Å². The second kappa shape index (κ2) is 7.37. The summed E-state index contributed by atoms with van der Waals surface area (Å²) >= 11 is 0. The molecule has 0 aromatic carbocycles. The number of likely N-dealkylation sites (tertiary alicyclic amines) is 1. The molecule has 1 aliphatic heterocycles. The van der Waals surface area contributed by atoms with Gasteiger partial charge in [-0.1, -0.05) is 19.8 Å². The van der Waals surface area contributed by atoms with Crippen LogP contribution >= 0.6 is 0 Å². The largest absolute Gasteiger partial charge is 0.309 e. The van der Waals surface area contributed by atoms with E-state index >= 15 is 0 Å². The van der Waals surface area contributed by atoms with Crippen molar-refractivity contribution in [1.29, 1.82) is 0 Å². The van der Waals surface area contributed by atoms with Crippen LogP contribution in [0.15, 0.2) is 18.5 Å². The lowest BCUT2D eigenvalue weighted by Crippen LogP contribution is -2.53. The highest BCUT2D eigenvalue weighted by Gasteiger charge is 2.36. The van der Waals surface area contributed by atoms with Crippen molar-refractivity contribution >= 4 is 0 Å². The van der Waals surface area contributed by atoms with Crippen LogP contribution in [0.25, 0.3) is 0 Å². The summed E-state index contributed by atoms with van der Waals surface area (Å²) in [6, 6.07) is 2.45. The highest BCUT2D eigenvalue weighted by Crippen LogP contribution is 2.33. The van der Waals surface area contributed by atoms with Gasteiger partial charge in [-0.2, -0.15) is 0 Å². The first-order valence-electron chi connectivity index (χ1n) is 8.46. The fraction of sp³-hybridized carbons (Fsp3) is 0.722. The molecule has 21 heavy (non-hydrogen) atoms. The maximum Gasteiger partial charge on any atom is 0.0519 e. The highest BCUT2D eigenvalue weighted by atomic mass is 15.2. The van der Waals surface area contributed by atoms with Crippen LogP contribution in [0.2, 0.25) is 0 Å². The normalized spacial score (nSPS) is 19.2. The maximum absolute atomic E-state index is 4.37. The Balaban J connectivity index is 2.28. The summed E-state index contributed by atoms with van der Waals surface area (Å²) in [5.74, 6) is 0. The summed E-state index contributed by atoms with van der Waals surface area (Å²) in [6.45, 7) is 12.6. The van der Waals surface area contributed by atoms with Crippen molar-refractivity contribution in [3.05, 3.63) is 29.6 Å². The second-order valence-corrected chi connectivity index (χ2v) is 6.78. The van der Waals surface area contributed by atoms with Crippen molar-refractivity contribution in [2.45, 2.75) is 65.0 Å². The molecule has 3 nitrogen and oxygen atoms in total. The number of hydrogen-bond donors (Lipinski definition) is 1. The van der Waals surface area contributed by atoms with Gasteiger partial charge in [-0.3, -0.25) is 9.88 Å². The van der Waals surface area contributed by atoms with Gasteiger partial charge in [0, 0.05) is 17.9 Å². The monoisotopic (exact) mass is 289 g/mol. The number of aryl methyl sites for hydroxylation is 1. The molecule has 1 fully saturated rings. The maximum atomic E-state index is 4.37. The Hall–Kier alpha value is -0.930. The van der Waals surface area contributed by atoms with Gasteiger partial charge in [0.25, 0.3) is 0 Å². The molecular weight excluding hydrogens is 258 g/mol. The minimum absolute atomic E-state index is 0.105. The third-order valence-electron chi connectivity index (χ3n) is 4.93. The van der Waals surface area contributed by atoms with Crippen LogP contribution in [0.1, 0.15) is 63.6 Å². The van der Waals surface area contributed by atoms with Gasteiger partial charge in [-0.25, -0.2) is 0 Å². The van der Waals surface area contributed by atoms with Crippen molar-refractivity contribution in [2.75, 3.05) is 19.6 Å². The molecule has 0 spiro atoms. The zero-order valence-electron chi connectivity index (χ0n) is 14.2. The predicted molar refractivity (Wildman–Crippen MR) is 89.5 cm³/mol. The van der Waals surface area contributed by atoms with E-state index in [-0.39, 0.29) is 5.54 Å². The lowest BCUT2D eigenvalue weighted by molar-refractivity contribution is 0.0836. The van der Waals surface area contributed by atoms with Gasteiger partial charge in [0.1, 0.15) is 0 Å². The molecule has 0 amide bonds. The van der Waals surface area contributed by atoms with E-state index in [4.69, 9.17) is 0 Å². The third-order valence-corrected chi connectivity index (χ3v) is 4.93. The molecule has 1 saturated heterocycles. The van der Waals surface area contributed by atoms with Gasteiger partial charge in [-0.05, 0) is 70.4 Å². The molecule has 118 valence electrons. The molecule has 1 atom stereocenters. The van der Waals surface area contributed by atoms with Crippen molar-refractivity contribution in [1.82, 2.24) is 15.2 Å². The molecule has 1 aliphatic rings. The minimum Gasteiger partial charge on any atom is -0.309 e. The van der Waals surface area contributed by atoms with E-state index in [2.05, 4.69) is 49.0 Å². The fourth-order valence-corrected chi connectivity index (χ4v) is 3.55. The lowest BCUT2D eigenvalue weighted by Gasteiger charge is -2.44. The average molecular weight is 289 g/mol. The molecule has 2 heterocycles. The van der Waals surface area contributed by atoms with E-state index in [1.54, 1.807) is 0 Å². The first-order chi connectivity index (χ1) is 10.1. The van der Waals surface area contributed by atoms with Crippen LogP contribution < -0.4 is 5.32 Å². The quantitative estimate of drug-likeness (QED) is 0.896. The first kappa shape index (κ1) is 16.4. The minimum atomic E-state index is 0.105. The summed E-state index contributed by atoms with van der Waals surface area (Å²) in [7, 11) is 0. The van der Waals surface area contributed by atoms with Gasteiger partial charge < -0.3 is 5.32 Å². The van der Waals surface area contributed by atoms with Crippen LogP contribution in [-0.2, 0) is 0 Å². The Morgan fingerprint density at radius 3 is 2.48 bits per heavy atom. The molecule has 0 radical (unpaired) electrons. The van der Waals surface area contributed by atoms with Crippen molar-refractivity contribution in [3.8, 4) is 0 Å². The standard InChI is InChI=1S/C18H31N3/c1-5-20-17(16-14-19-11-10-15(16)2)18(3,4)21-12-8-6-7-9-13-21/h10-11,14,17,20H,5-9,12-13H2,1-4H3. The van der Waals surface area contributed by atoms with Crippen molar-refractivity contribution < 1.29 is 0 Å². The summed E-state index contributed by atoms with van der Waals surface area (Å²) in [5, 5.41) is 3.72. The van der Waals surface area contributed by atoms with E-state index in [0.717, 1.165) is 6.54 Å². The first-order valence-corrected chi connectivity index (χ1v) is 8.46. The van der Waals surface area contributed by atoms with Gasteiger partial charge in [0.15, 0.2) is 0 Å². The van der Waals surface area contributed by atoms with E-state index in [0.29, 0.717) is 6.04 Å². The molecule has 1 aromatic rings. The molecular formula is C18H31N3. The van der Waals surface area contributed by atoms with Crippen molar-refractivity contribution in [2.24, 2.45) is 0 Å². The van der Waals surface area contributed by atoms with Gasteiger partial charge >= 0.3 is 0 Å². The topological polar surface area (TPSA) is 28.2 Å². The number of hydrogen-bond acceptors (Lipinski definition) is 3. The fourth-order valence-electron chi connectivity index (χ4n) is 3.55. The predicted octanol–water partition coefficient (Wildman–Crippen LogP) is 3.70. The van der Waals surface area contributed by atoms with Crippen LogP contribution in [0.3, 0.4) is 0 Å². The summed E-state index contributed by atoms with van der Waals surface area (Å²) < 4.78 is 0. The average Bonchev–Trinajstić information content (AvgIpc) is 2.75. The Bertz CT molecular complexity index is 434. The number of pyridine rings is 1. The van der Waals surface area contributed by atoms with Crippen molar-refractivity contribution in [3.63, 3.8) is 0 Å². The molecule has 0 bridgehead atoms. The van der Waals surface area contributed by atoms with E-state index in [1.807, 2.05) is 12.4 Å². The smallest absolute Gasteiger partial charge is 0.0519 e.